The van der Waals surface area contributed by atoms with Crippen LogP contribution in [0.4, 0.5) is 5.82 Å². The molecule has 5 nitrogen and oxygen atoms in total. The summed E-state index contributed by atoms with van der Waals surface area (Å²) < 4.78 is 0. The van der Waals surface area contributed by atoms with Crippen molar-refractivity contribution in [3.63, 3.8) is 0 Å². The average molecular weight is 351 g/mol. The van der Waals surface area contributed by atoms with Crippen molar-refractivity contribution >= 4 is 34.9 Å². The summed E-state index contributed by atoms with van der Waals surface area (Å²) in [6.07, 6.45) is 1.57. The summed E-state index contributed by atoms with van der Waals surface area (Å²) in [7, 11) is 0. The second kappa shape index (κ2) is 6.72. The van der Waals surface area contributed by atoms with Gasteiger partial charge in [0.15, 0.2) is 0 Å². The van der Waals surface area contributed by atoms with Crippen LogP contribution in [-0.2, 0) is 0 Å². The summed E-state index contributed by atoms with van der Waals surface area (Å²) in [5.74, 6) is 0.833. The number of halogens is 2. The molecular weight excluding hydrogens is 335 g/mol. The van der Waals surface area contributed by atoms with Crippen LogP contribution >= 0.6 is 23.2 Å². The third-order valence-corrected chi connectivity index (χ3v) is 4.39. The molecule has 1 aliphatic heterocycles. The Kier molecular flexibility index (Phi) is 4.68. The van der Waals surface area contributed by atoms with Crippen LogP contribution in [0.5, 0.6) is 0 Å². The van der Waals surface area contributed by atoms with Crippen molar-refractivity contribution < 1.29 is 4.79 Å². The van der Waals surface area contributed by atoms with Crippen molar-refractivity contribution in [2.45, 2.75) is 6.92 Å². The zero-order valence-electron chi connectivity index (χ0n) is 12.7. The Morgan fingerprint density at radius 2 is 1.83 bits per heavy atom. The molecule has 0 bridgehead atoms. The molecule has 7 heteroatoms. The number of benzene rings is 1. The SMILES string of the molecule is Cc1cc(N2CCN(C(=O)c3ccc(Cl)cc3Cl)CC2)ncn1. The molecule has 1 fully saturated rings. The molecule has 0 unspecified atom stereocenters. The van der Waals surface area contributed by atoms with Gasteiger partial charge in [0.05, 0.1) is 10.6 Å². The van der Waals surface area contributed by atoms with Gasteiger partial charge in [-0.05, 0) is 25.1 Å². The maximum atomic E-state index is 12.6. The molecule has 1 aromatic heterocycles. The number of carbonyl (C=O) groups is 1. The van der Waals surface area contributed by atoms with E-state index in [4.69, 9.17) is 23.2 Å². The lowest BCUT2D eigenvalue weighted by molar-refractivity contribution is 0.0746. The topological polar surface area (TPSA) is 49.3 Å². The Hall–Kier alpha value is -1.85. The number of carbonyl (C=O) groups excluding carboxylic acids is 1. The highest BCUT2D eigenvalue weighted by atomic mass is 35.5. The van der Waals surface area contributed by atoms with E-state index in [1.165, 1.54) is 0 Å². The maximum absolute atomic E-state index is 12.6. The highest BCUT2D eigenvalue weighted by Crippen LogP contribution is 2.23. The normalized spacial score (nSPS) is 14.9. The van der Waals surface area contributed by atoms with E-state index in [1.807, 2.05) is 13.0 Å². The monoisotopic (exact) mass is 350 g/mol. The minimum absolute atomic E-state index is 0.0646. The van der Waals surface area contributed by atoms with Gasteiger partial charge >= 0.3 is 0 Å². The first-order valence-corrected chi connectivity index (χ1v) is 8.08. The molecule has 2 heterocycles. The van der Waals surface area contributed by atoms with E-state index in [1.54, 1.807) is 29.4 Å². The number of anilines is 1. The molecule has 1 aliphatic rings. The van der Waals surface area contributed by atoms with Crippen LogP contribution in [0.15, 0.2) is 30.6 Å². The largest absolute Gasteiger partial charge is 0.353 e. The lowest BCUT2D eigenvalue weighted by Crippen LogP contribution is -2.49. The van der Waals surface area contributed by atoms with Crippen molar-refractivity contribution in [1.29, 1.82) is 0 Å². The van der Waals surface area contributed by atoms with Crippen LogP contribution in [0, 0.1) is 6.92 Å². The summed E-state index contributed by atoms with van der Waals surface area (Å²) in [4.78, 5) is 24.9. The second-order valence-corrected chi connectivity index (χ2v) is 6.26. The molecule has 0 radical (unpaired) electrons. The highest BCUT2D eigenvalue weighted by molar-refractivity contribution is 6.36. The zero-order valence-corrected chi connectivity index (χ0v) is 14.2. The number of aromatic nitrogens is 2. The van der Waals surface area contributed by atoms with Gasteiger partial charge in [-0.25, -0.2) is 9.97 Å². The number of piperazine rings is 1. The fourth-order valence-corrected chi connectivity index (χ4v) is 3.07. The Morgan fingerprint density at radius 1 is 1.09 bits per heavy atom. The van der Waals surface area contributed by atoms with Crippen molar-refractivity contribution in [2.75, 3.05) is 31.1 Å². The molecule has 0 spiro atoms. The summed E-state index contributed by atoms with van der Waals surface area (Å²) >= 11 is 12.0. The summed E-state index contributed by atoms with van der Waals surface area (Å²) in [6.45, 7) is 4.65. The molecule has 3 rings (SSSR count). The fourth-order valence-electron chi connectivity index (χ4n) is 2.59. The smallest absolute Gasteiger partial charge is 0.255 e. The number of hydrogen-bond acceptors (Lipinski definition) is 4. The fraction of sp³-hybridized carbons (Fsp3) is 0.312. The van der Waals surface area contributed by atoms with E-state index < -0.39 is 0 Å². The lowest BCUT2D eigenvalue weighted by Gasteiger charge is -2.35. The lowest BCUT2D eigenvalue weighted by atomic mass is 10.1. The van der Waals surface area contributed by atoms with Gasteiger partial charge in [0.1, 0.15) is 12.1 Å². The zero-order chi connectivity index (χ0) is 16.4. The van der Waals surface area contributed by atoms with Gasteiger partial charge in [-0.1, -0.05) is 23.2 Å². The van der Waals surface area contributed by atoms with Gasteiger partial charge in [0, 0.05) is 43.0 Å². The summed E-state index contributed by atoms with van der Waals surface area (Å²) in [5.41, 5.74) is 1.42. The van der Waals surface area contributed by atoms with E-state index in [0.717, 1.165) is 24.6 Å². The molecule has 1 aromatic carbocycles. The van der Waals surface area contributed by atoms with E-state index in [0.29, 0.717) is 28.7 Å². The van der Waals surface area contributed by atoms with E-state index in [9.17, 15) is 4.79 Å². The first-order chi connectivity index (χ1) is 11.0. The average Bonchev–Trinajstić information content (AvgIpc) is 2.54. The number of nitrogens with zero attached hydrogens (tertiary/aromatic N) is 4. The Labute approximate surface area is 144 Å². The Bertz CT molecular complexity index is 730. The van der Waals surface area contributed by atoms with Gasteiger partial charge in [-0.2, -0.15) is 0 Å². The van der Waals surface area contributed by atoms with Crippen molar-refractivity contribution in [3.8, 4) is 0 Å². The van der Waals surface area contributed by atoms with Gasteiger partial charge in [0.2, 0.25) is 0 Å². The molecule has 0 atom stereocenters. The molecule has 0 N–H and O–H groups in total. The summed E-state index contributed by atoms with van der Waals surface area (Å²) in [5, 5.41) is 0.909. The Morgan fingerprint density at radius 3 is 2.48 bits per heavy atom. The van der Waals surface area contributed by atoms with Crippen LogP contribution in [0.2, 0.25) is 10.0 Å². The van der Waals surface area contributed by atoms with Gasteiger partial charge < -0.3 is 9.80 Å². The van der Waals surface area contributed by atoms with Crippen molar-refractivity contribution in [2.24, 2.45) is 0 Å². The number of rotatable bonds is 2. The van der Waals surface area contributed by atoms with E-state index in [-0.39, 0.29) is 5.91 Å². The minimum atomic E-state index is -0.0646. The Balaban J connectivity index is 1.68. The molecule has 1 saturated heterocycles. The molecule has 2 aromatic rings. The highest BCUT2D eigenvalue weighted by Gasteiger charge is 2.24. The second-order valence-electron chi connectivity index (χ2n) is 5.42. The van der Waals surface area contributed by atoms with Crippen molar-refractivity contribution in [3.05, 3.63) is 51.9 Å². The van der Waals surface area contributed by atoms with Crippen LogP contribution < -0.4 is 4.90 Å². The molecule has 1 amide bonds. The van der Waals surface area contributed by atoms with Gasteiger partial charge in [0.25, 0.3) is 5.91 Å². The first-order valence-electron chi connectivity index (χ1n) is 7.32. The summed E-state index contributed by atoms with van der Waals surface area (Å²) in [6, 6.07) is 6.90. The van der Waals surface area contributed by atoms with E-state index >= 15 is 0 Å². The van der Waals surface area contributed by atoms with Crippen molar-refractivity contribution in [1.82, 2.24) is 14.9 Å². The molecule has 0 saturated carbocycles. The van der Waals surface area contributed by atoms with Crippen LogP contribution in [-0.4, -0.2) is 47.0 Å². The minimum Gasteiger partial charge on any atom is -0.353 e. The van der Waals surface area contributed by atoms with Crippen LogP contribution in [0.1, 0.15) is 16.1 Å². The molecule has 120 valence electrons. The van der Waals surface area contributed by atoms with Crippen LogP contribution in [0.3, 0.4) is 0 Å². The number of hydrogen-bond donors (Lipinski definition) is 0. The molecule has 23 heavy (non-hydrogen) atoms. The predicted octanol–water partition coefficient (Wildman–Crippen LogP) is 3.05. The van der Waals surface area contributed by atoms with Gasteiger partial charge in [-0.15, -0.1) is 0 Å². The molecular formula is C16H16Cl2N4O. The van der Waals surface area contributed by atoms with Gasteiger partial charge in [-0.3, -0.25) is 4.79 Å². The quantitative estimate of drug-likeness (QED) is 0.835. The third-order valence-electron chi connectivity index (χ3n) is 3.84. The standard InChI is InChI=1S/C16H16Cl2N4O/c1-11-8-15(20-10-19-11)21-4-6-22(7-5-21)16(23)13-3-2-12(17)9-14(13)18/h2-3,8-10H,4-7H2,1H3. The maximum Gasteiger partial charge on any atom is 0.255 e. The number of aryl methyl sites for hydroxylation is 1. The predicted molar refractivity (Wildman–Crippen MR) is 91.3 cm³/mol. The van der Waals surface area contributed by atoms with E-state index in [2.05, 4.69) is 14.9 Å². The molecule has 0 aliphatic carbocycles. The van der Waals surface area contributed by atoms with Crippen LogP contribution in [0.25, 0.3) is 0 Å². The number of amides is 1. The first kappa shape index (κ1) is 16.0. The third kappa shape index (κ3) is 3.57.